The van der Waals surface area contributed by atoms with Crippen LogP contribution in [0, 0.1) is 0 Å². The second kappa shape index (κ2) is 5.13. The monoisotopic (exact) mass is 286 g/mol. The number of imidazole rings is 1. The van der Waals surface area contributed by atoms with Crippen molar-refractivity contribution in [3.63, 3.8) is 0 Å². The highest BCUT2D eigenvalue weighted by molar-refractivity contribution is 7.98. The molecule has 0 saturated heterocycles. The SMILES string of the molecule is CSc1cnc2[nH]c(=O)n(C(C)c3ccccc3)c2n1. The van der Waals surface area contributed by atoms with Crippen molar-refractivity contribution in [1.82, 2.24) is 19.5 Å². The fraction of sp³-hybridized carbons (Fsp3) is 0.214. The van der Waals surface area contributed by atoms with Crippen LogP contribution in [0.5, 0.6) is 0 Å². The highest BCUT2D eigenvalue weighted by Gasteiger charge is 2.16. The molecule has 1 atom stereocenters. The van der Waals surface area contributed by atoms with E-state index in [4.69, 9.17) is 0 Å². The Morgan fingerprint density at radius 2 is 2.05 bits per heavy atom. The van der Waals surface area contributed by atoms with Crippen molar-refractivity contribution in [3.8, 4) is 0 Å². The molecule has 0 aliphatic heterocycles. The molecule has 20 heavy (non-hydrogen) atoms. The molecule has 0 radical (unpaired) electrons. The van der Waals surface area contributed by atoms with E-state index in [0.29, 0.717) is 11.3 Å². The Kier molecular flexibility index (Phi) is 3.31. The Morgan fingerprint density at radius 3 is 2.75 bits per heavy atom. The third-order valence-electron chi connectivity index (χ3n) is 3.28. The summed E-state index contributed by atoms with van der Waals surface area (Å²) >= 11 is 1.51. The first-order chi connectivity index (χ1) is 9.70. The van der Waals surface area contributed by atoms with Crippen molar-refractivity contribution >= 4 is 23.1 Å². The second-order valence-corrected chi connectivity index (χ2v) is 5.30. The number of thioether (sulfide) groups is 1. The summed E-state index contributed by atoms with van der Waals surface area (Å²) in [5.41, 5.74) is 2.00. The predicted octanol–water partition coefficient (Wildman–Crippen LogP) is 2.45. The molecule has 6 heteroatoms. The highest BCUT2D eigenvalue weighted by Crippen LogP contribution is 2.20. The van der Waals surface area contributed by atoms with E-state index >= 15 is 0 Å². The molecule has 0 saturated carbocycles. The number of fused-ring (bicyclic) bond motifs is 1. The molecule has 102 valence electrons. The molecule has 2 heterocycles. The van der Waals surface area contributed by atoms with Gasteiger partial charge in [-0.05, 0) is 18.7 Å². The minimum Gasteiger partial charge on any atom is -0.289 e. The van der Waals surface area contributed by atoms with E-state index in [1.807, 2.05) is 43.5 Å². The van der Waals surface area contributed by atoms with E-state index in [0.717, 1.165) is 10.6 Å². The zero-order chi connectivity index (χ0) is 14.1. The lowest BCUT2D eigenvalue weighted by Crippen LogP contribution is -2.21. The number of aromatic nitrogens is 4. The van der Waals surface area contributed by atoms with Gasteiger partial charge in [-0.3, -0.25) is 9.55 Å². The maximum Gasteiger partial charge on any atom is 0.329 e. The van der Waals surface area contributed by atoms with Crippen LogP contribution in [0.1, 0.15) is 18.5 Å². The number of nitrogens with one attached hydrogen (secondary N) is 1. The molecule has 5 nitrogen and oxygen atoms in total. The molecule has 0 aliphatic carbocycles. The average Bonchev–Trinajstić information content (AvgIpc) is 2.82. The molecule has 1 N–H and O–H groups in total. The Hall–Kier alpha value is -2.08. The normalized spacial score (nSPS) is 12.7. The van der Waals surface area contributed by atoms with Crippen LogP contribution in [-0.2, 0) is 0 Å². The first-order valence-corrected chi connectivity index (χ1v) is 7.49. The number of nitrogens with zero attached hydrogens (tertiary/aromatic N) is 3. The van der Waals surface area contributed by atoms with E-state index < -0.39 is 0 Å². The number of benzene rings is 1. The number of rotatable bonds is 3. The summed E-state index contributed by atoms with van der Waals surface area (Å²) in [5, 5.41) is 0.797. The van der Waals surface area contributed by atoms with E-state index in [1.54, 1.807) is 10.8 Å². The van der Waals surface area contributed by atoms with Gasteiger partial charge in [0.1, 0.15) is 5.03 Å². The third-order valence-corrected chi connectivity index (χ3v) is 3.90. The van der Waals surface area contributed by atoms with Crippen LogP contribution in [0.25, 0.3) is 11.3 Å². The van der Waals surface area contributed by atoms with Crippen LogP contribution in [0.4, 0.5) is 0 Å². The summed E-state index contributed by atoms with van der Waals surface area (Å²) in [6, 6.07) is 9.79. The average molecular weight is 286 g/mol. The van der Waals surface area contributed by atoms with Gasteiger partial charge < -0.3 is 0 Å². The number of aromatic amines is 1. The maximum atomic E-state index is 12.2. The van der Waals surface area contributed by atoms with E-state index in [9.17, 15) is 4.79 Å². The van der Waals surface area contributed by atoms with Gasteiger partial charge in [-0.25, -0.2) is 14.8 Å². The predicted molar refractivity (Wildman–Crippen MR) is 80.2 cm³/mol. The van der Waals surface area contributed by atoms with Crippen LogP contribution >= 0.6 is 11.8 Å². The Labute approximate surface area is 120 Å². The van der Waals surface area contributed by atoms with Gasteiger partial charge in [0, 0.05) is 0 Å². The highest BCUT2D eigenvalue weighted by atomic mass is 32.2. The molecule has 1 unspecified atom stereocenters. The van der Waals surface area contributed by atoms with Crippen LogP contribution in [0.15, 0.2) is 46.3 Å². The summed E-state index contributed by atoms with van der Waals surface area (Å²) in [7, 11) is 0. The third kappa shape index (κ3) is 2.12. The molecular formula is C14H14N4OS. The zero-order valence-corrected chi connectivity index (χ0v) is 12.0. The standard InChI is InChI=1S/C14H14N4OS/c1-9(10-6-4-3-5-7-10)18-13-12(17-14(18)19)15-8-11(16-13)20-2/h3-9H,1-2H3,(H,15,17,19). The first-order valence-electron chi connectivity index (χ1n) is 6.27. The van der Waals surface area contributed by atoms with Crippen LogP contribution in [0.2, 0.25) is 0 Å². The minimum absolute atomic E-state index is 0.0937. The van der Waals surface area contributed by atoms with Gasteiger partial charge in [0.2, 0.25) is 0 Å². The molecule has 3 rings (SSSR count). The quantitative estimate of drug-likeness (QED) is 0.751. The van der Waals surface area contributed by atoms with Gasteiger partial charge in [0.05, 0.1) is 12.2 Å². The van der Waals surface area contributed by atoms with Crippen molar-refractivity contribution in [2.24, 2.45) is 0 Å². The van der Waals surface area contributed by atoms with Gasteiger partial charge in [0.15, 0.2) is 11.3 Å². The summed E-state index contributed by atoms with van der Waals surface area (Å²) in [4.78, 5) is 23.7. The number of hydrogen-bond acceptors (Lipinski definition) is 4. The lowest BCUT2D eigenvalue weighted by atomic mass is 10.1. The fourth-order valence-corrected chi connectivity index (χ4v) is 2.55. The fourth-order valence-electron chi connectivity index (χ4n) is 2.22. The number of hydrogen-bond donors (Lipinski definition) is 1. The maximum absolute atomic E-state index is 12.2. The van der Waals surface area contributed by atoms with Gasteiger partial charge >= 0.3 is 5.69 Å². The summed E-state index contributed by atoms with van der Waals surface area (Å²) in [6.07, 6.45) is 3.60. The Balaban J connectivity index is 2.20. The van der Waals surface area contributed by atoms with Gasteiger partial charge in [0.25, 0.3) is 0 Å². The molecule has 0 aliphatic rings. The van der Waals surface area contributed by atoms with Crippen molar-refractivity contribution in [2.75, 3.05) is 6.26 Å². The molecule has 2 aromatic heterocycles. The van der Waals surface area contributed by atoms with Crippen LogP contribution in [-0.4, -0.2) is 25.8 Å². The Bertz CT molecular complexity index is 794. The Morgan fingerprint density at radius 1 is 1.30 bits per heavy atom. The number of H-pyrrole nitrogens is 1. The minimum atomic E-state index is -0.186. The van der Waals surface area contributed by atoms with Crippen molar-refractivity contribution in [3.05, 3.63) is 52.6 Å². The van der Waals surface area contributed by atoms with Gasteiger partial charge in [-0.15, -0.1) is 11.8 Å². The van der Waals surface area contributed by atoms with Crippen molar-refractivity contribution in [2.45, 2.75) is 18.0 Å². The van der Waals surface area contributed by atoms with Crippen LogP contribution in [0.3, 0.4) is 0 Å². The largest absolute Gasteiger partial charge is 0.329 e. The molecule has 0 bridgehead atoms. The van der Waals surface area contributed by atoms with E-state index in [1.165, 1.54) is 11.8 Å². The second-order valence-electron chi connectivity index (χ2n) is 4.47. The van der Waals surface area contributed by atoms with Gasteiger partial charge in [-0.2, -0.15) is 0 Å². The lowest BCUT2D eigenvalue weighted by molar-refractivity contribution is 0.629. The zero-order valence-electron chi connectivity index (χ0n) is 11.2. The lowest BCUT2D eigenvalue weighted by Gasteiger charge is -2.13. The molecule has 0 fully saturated rings. The molecule has 1 aromatic carbocycles. The van der Waals surface area contributed by atoms with E-state index in [2.05, 4.69) is 15.0 Å². The molecule has 0 amide bonds. The first kappa shape index (κ1) is 12.9. The van der Waals surface area contributed by atoms with Crippen LogP contribution < -0.4 is 5.69 Å². The summed E-state index contributed by atoms with van der Waals surface area (Å²) < 4.78 is 1.65. The molecule has 0 spiro atoms. The molecular weight excluding hydrogens is 272 g/mol. The van der Waals surface area contributed by atoms with E-state index in [-0.39, 0.29) is 11.7 Å². The summed E-state index contributed by atoms with van der Waals surface area (Å²) in [6.45, 7) is 1.98. The van der Waals surface area contributed by atoms with Crippen molar-refractivity contribution in [1.29, 1.82) is 0 Å². The summed E-state index contributed by atoms with van der Waals surface area (Å²) in [5.74, 6) is 0. The van der Waals surface area contributed by atoms with Gasteiger partial charge in [-0.1, -0.05) is 30.3 Å². The topological polar surface area (TPSA) is 63.6 Å². The van der Waals surface area contributed by atoms with Crippen molar-refractivity contribution < 1.29 is 0 Å². The molecule has 3 aromatic rings. The smallest absolute Gasteiger partial charge is 0.289 e.